The molecular weight excluding hydrogens is 304 g/mol. The van der Waals surface area contributed by atoms with Crippen LogP contribution in [0.2, 0.25) is 0 Å². The highest BCUT2D eigenvalue weighted by molar-refractivity contribution is 6.33. The molecule has 1 aromatic carbocycles. The number of allylic oxidation sites excluding steroid dienone is 5. The van der Waals surface area contributed by atoms with Gasteiger partial charge in [0.15, 0.2) is 0 Å². The highest BCUT2D eigenvalue weighted by Crippen LogP contribution is 2.34. The Labute approximate surface area is 144 Å². The summed E-state index contributed by atoms with van der Waals surface area (Å²) >= 11 is 6.56. The van der Waals surface area contributed by atoms with Crippen LogP contribution in [0.1, 0.15) is 50.2 Å². The topological polar surface area (TPSA) is 38.4 Å². The number of rotatable bonds is 4. The van der Waals surface area contributed by atoms with Crippen molar-refractivity contribution < 1.29 is 0 Å². The summed E-state index contributed by atoms with van der Waals surface area (Å²) in [5.74, 6) is 0.646. The van der Waals surface area contributed by atoms with Gasteiger partial charge in [-0.2, -0.15) is 0 Å². The standard InChI is InChI=1S/C20H25ClN2/c1-3-4-10-17(16-11-6-5-9-15(16)2)18-12-7-8-13-20(22)23-14-19(18)21/h5-6,9-12,14H,3-4,7-8,13H2,1-2H3,(H2,22,23)/b17-10+,18-12?,19-14+. The Morgan fingerprint density at radius 1 is 1.35 bits per heavy atom. The van der Waals surface area contributed by atoms with E-state index in [1.165, 1.54) is 16.7 Å². The Balaban J connectivity index is 2.52. The third-order valence-electron chi connectivity index (χ3n) is 3.95. The van der Waals surface area contributed by atoms with Crippen molar-refractivity contribution in [3.05, 3.63) is 64.3 Å². The van der Waals surface area contributed by atoms with Gasteiger partial charge in [0.1, 0.15) is 0 Å². The summed E-state index contributed by atoms with van der Waals surface area (Å²) in [4.78, 5) is 4.29. The number of aryl methyl sites for hydroxylation is 1. The smallest absolute Gasteiger partial charge is 0.0989 e. The lowest BCUT2D eigenvalue weighted by atomic mass is 9.92. The summed E-state index contributed by atoms with van der Waals surface area (Å²) in [7, 11) is 0. The van der Waals surface area contributed by atoms with Gasteiger partial charge in [0, 0.05) is 12.6 Å². The van der Waals surface area contributed by atoms with Crippen LogP contribution in [0, 0.1) is 6.92 Å². The number of unbranched alkanes of at least 4 members (excludes halogenated alkanes) is 1. The summed E-state index contributed by atoms with van der Waals surface area (Å²) in [6.45, 7) is 4.32. The molecule has 3 heteroatoms. The van der Waals surface area contributed by atoms with Crippen molar-refractivity contribution in [1.82, 2.24) is 0 Å². The first-order chi connectivity index (χ1) is 11.1. The third-order valence-corrected chi connectivity index (χ3v) is 4.25. The van der Waals surface area contributed by atoms with E-state index in [1.807, 2.05) is 0 Å². The largest absolute Gasteiger partial charge is 0.387 e. The average Bonchev–Trinajstić information content (AvgIpc) is 2.62. The van der Waals surface area contributed by atoms with Crippen LogP contribution in [0.15, 0.2) is 58.2 Å². The zero-order chi connectivity index (χ0) is 16.7. The van der Waals surface area contributed by atoms with Crippen LogP contribution in [0.3, 0.4) is 0 Å². The molecule has 2 nitrogen and oxygen atoms in total. The number of aliphatic imine (C=N–C) groups is 1. The minimum absolute atomic E-state index is 0.646. The normalized spacial score (nSPS) is 21.2. The Morgan fingerprint density at radius 3 is 2.87 bits per heavy atom. The van der Waals surface area contributed by atoms with Gasteiger partial charge >= 0.3 is 0 Å². The van der Waals surface area contributed by atoms with Gasteiger partial charge in [0.25, 0.3) is 0 Å². The van der Waals surface area contributed by atoms with E-state index in [-0.39, 0.29) is 0 Å². The molecule has 2 N–H and O–H groups in total. The van der Waals surface area contributed by atoms with Crippen LogP contribution in [0.5, 0.6) is 0 Å². The second-order valence-electron chi connectivity index (χ2n) is 5.83. The fourth-order valence-electron chi connectivity index (χ4n) is 2.67. The second-order valence-corrected chi connectivity index (χ2v) is 6.24. The van der Waals surface area contributed by atoms with E-state index in [9.17, 15) is 0 Å². The molecular formula is C20H25ClN2. The molecule has 122 valence electrons. The van der Waals surface area contributed by atoms with E-state index in [0.29, 0.717) is 10.9 Å². The first-order valence-electron chi connectivity index (χ1n) is 8.28. The number of hydrogen-bond acceptors (Lipinski definition) is 2. The molecule has 0 saturated heterocycles. The number of halogens is 1. The summed E-state index contributed by atoms with van der Waals surface area (Å²) in [6, 6.07) is 8.44. The maximum atomic E-state index is 6.56. The van der Waals surface area contributed by atoms with E-state index in [1.54, 1.807) is 6.20 Å². The van der Waals surface area contributed by atoms with Crippen molar-refractivity contribution in [2.75, 3.05) is 0 Å². The van der Waals surface area contributed by atoms with Crippen LogP contribution < -0.4 is 5.73 Å². The molecule has 23 heavy (non-hydrogen) atoms. The van der Waals surface area contributed by atoms with Gasteiger partial charge in [-0.15, -0.1) is 0 Å². The fourth-order valence-corrected chi connectivity index (χ4v) is 2.90. The summed E-state index contributed by atoms with van der Waals surface area (Å²) < 4.78 is 0. The Hall–Kier alpha value is -1.80. The third kappa shape index (κ3) is 4.84. The minimum Gasteiger partial charge on any atom is -0.387 e. The Bertz CT molecular complexity index is 666. The Morgan fingerprint density at radius 2 is 2.13 bits per heavy atom. The maximum Gasteiger partial charge on any atom is 0.0989 e. The van der Waals surface area contributed by atoms with Crippen molar-refractivity contribution in [2.45, 2.75) is 46.0 Å². The molecule has 0 radical (unpaired) electrons. The van der Waals surface area contributed by atoms with Gasteiger partial charge in [-0.25, -0.2) is 4.99 Å². The predicted molar refractivity (Wildman–Crippen MR) is 102 cm³/mol. The molecule has 0 saturated carbocycles. The molecule has 0 spiro atoms. The monoisotopic (exact) mass is 328 g/mol. The SMILES string of the molecule is CCC/C=C(/C1=CCCC/C(N)=N\C=C/1Cl)c1ccccc1C. The summed E-state index contributed by atoms with van der Waals surface area (Å²) in [6.07, 6.45) is 11.1. The lowest BCUT2D eigenvalue weighted by Gasteiger charge is -2.15. The van der Waals surface area contributed by atoms with Gasteiger partial charge in [-0.05, 0) is 48.5 Å². The highest BCUT2D eigenvalue weighted by Gasteiger charge is 2.14. The summed E-state index contributed by atoms with van der Waals surface area (Å²) in [5.41, 5.74) is 10.6. The number of nitrogens with zero attached hydrogens (tertiary/aromatic N) is 1. The molecule has 1 aliphatic heterocycles. The molecule has 1 heterocycles. The fraction of sp³-hybridized carbons (Fsp3) is 0.350. The van der Waals surface area contributed by atoms with Crippen LogP contribution in [0.4, 0.5) is 0 Å². The van der Waals surface area contributed by atoms with Gasteiger partial charge < -0.3 is 5.73 Å². The van der Waals surface area contributed by atoms with Gasteiger partial charge in [0.05, 0.1) is 10.9 Å². The quantitative estimate of drug-likeness (QED) is 0.753. The van der Waals surface area contributed by atoms with Crippen molar-refractivity contribution in [3.63, 3.8) is 0 Å². The molecule has 0 atom stereocenters. The molecule has 2 rings (SSSR count). The van der Waals surface area contributed by atoms with Crippen LogP contribution in [-0.4, -0.2) is 5.84 Å². The predicted octanol–water partition coefficient (Wildman–Crippen LogP) is 5.73. The van der Waals surface area contributed by atoms with Crippen LogP contribution in [0.25, 0.3) is 5.57 Å². The molecule has 0 unspecified atom stereocenters. The molecule has 0 aliphatic carbocycles. The molecule has 0 amide bonds. The van der Waals surface area contributed by atoms with Crippen LogP contribution >= 0.6 is 11.6 Å². The lowest BCUT2D eigenvalue weighted by molar-refractivity contribution is 0.887. The van der Waals surface area contributed by atoms with Crippen molar-refractivity contribution in [1.29, 1.82) is 0 Å². The zero-order valence-corrected chi connectivity index (χ0v) is 14.7. The van der Waals surface area contributed by atoms with Crippen molar-refractivity contribution >= 4 is 23.0 Å². The number of nitrogens with two attached hydrogens (primary N) is 1. The van der Waals surface area contributed by atoms with E-state index in [0.717, 1.165) is 37.7 Å². The average molecular weight is 329 g/mol. The first-order valence-corrected chi connectivity index (χ1v) is 8.66. The number of amidine groups is 1. The van der Waals surface area contributed by atoms with E-state index >= 15 is 0 Å². The van der Waals surface area contributed by atoms with Gasteiger partial charge in [0.2, 0.25) is 0 Å². The van der Waals surface area contributed by atoms with Crippen molar-refractivity contribution in [2.24, 2.45) is 10.7 Å². The lowest BCUT2D eigenvalue weighted by Crippen LogP contribution is -2.10. The molecule has 0 bridgehead atoms. The minimum atomic E-state index is 0.646. The number of hydrogen-bond donors (Lipinski definition) is 1. The van der Waals surface area contributed by atoms with E-state index in [4.69, 9.17) is 17.3 Å². The van der Waals surface area contributed by atoms with E-state index < -0.39 is 0 Å². The maximum absolute atomic E-state index is 6.56. The zero-order valence-electron chi connectivity index (χ0n) is 14.0. The van der Waals surface area contributed by atoms with E-state index in [2.05, 4.69) is 55.3 Å². The summed E-state index contributed by atoms with van der Waals surface area (Å²) in [5, 5.41) is 0.653. The van der Waals surface area contributed by atoms with Crippen LogP contribution in [-0.2, 0) is 0 Å². The molecule has 1 aliphatic rings. The molecule has 1 aromatic rings. The van der Waals surface area contributed by atoms with Gasteiger partial charge in [-0.3, -0.25) is 0 Å². The van der Waals surface area contributed by atoms with Gasteiger partial charge in [-0.1, -0.05) is 61.4 Å². The highest BCUT2D eigenvalue weighted by atomic mass is 35.5. The number of benzene rings is 1. The first kappa shape index (κ1) is 17.6. The molecule has 0 fully saturated rings. The Kier molecular flexibility index (Phi) is 6.66. The second kappa shape index (κ2) is 8.73. The van der Waals surface area contributed by atoms with Crippen molar-refractivity contribution in [3.8, 4) is 0 Å². The molecule has 0 aromatic heterocycles.